The number of thiazole rings is 1. The van der Waals surface area contributed by atoms with Crippen molar-refractivity contribution >= 4 is 39.6 Å². The molecule has 0 bridgehead atoms. The smallest absolute Gasteiger partial charge is 0.276 e. The number of hydrogen-bond acceptors (Lipinski definition) is 6. The monoisotopic (exact) mass is 394 g/mol. The summed E-state index contributed by atoms with van der Waals surface area (Å²) in [5, 5.41) is 7.59. The topological polar surface area (TPSA) is 110 Å². The molecule has 28 heavy (non-hydrogen) atoms. The lowest BCUT2D eigenvalue weighted by molar-refractivity contribution is -0.114. The largest absolute Gasteiger partial charge is 0.326 e. The number of carbonyl (C=O) groups is 2. The summed E-state index contributed by atoms with van der Waals surface area (Å²) in [6, 6.07) is 9.62. The molecule has 0 atom stereocenters. The second-order valence-corrected chi connectivity index (χ2v) is 6.71. The highest BCUT2D eigenvalue weighted by Crippen LogP contribution is 2.19. The van der Waals surface area contributed by atoms with Gasteiger partial charge in [0.2, 0.25) is 5.91 Å². The molecule has 10 heteroatoms. The third-order valence-corrected chi connectivity index (χ3v) is 4.55. The van der Waals surface area contributed by atoms with Gasteiger partial charge in [-0.1, -0.05) is 0 Å². The highest BCUT2D eigenvalue weighted by molar-refractivity contribution is 7.13. The quantitative estimate of drug-likeness (QED) is 0.551. The van der Waals surface area contributed by atoms with Crippen LogP contribution in [0.2, 0.25) is 0 Å². The Morgan fingerprint density at radius 1 is 1.04 bits per heavy atom. The van der Waals surface area contributed by atoms with Crippen LogP contribution in [0.25, 0.3) is 11.3 Å². The second kappa shape index (κ2) is 7.08. The highest BCUT2D eigenvalue weighted by atomic mass is 32.1. The third-order valence-electron chi connectivity index (χ3n) is 3.86. The van der Waals surface area contributed by atoms with Crippen LogP contribution in [0.4, 0.5) is 10.8 Å². The van der Waals surface area contributed by atoms with Gasteiger partial charge in [0.05, 0.1) is 5.69 Å². The van der Waals surface area contributed by atoms with Crippen LogP contribution in [0, 0.1) is 0 Å². The first-order valence-electron chi connectivity index (χ1n) is 8.21. The van der Waals surface area contributed by atoms with Gasteiger partial charge in [-0.25, -0.2) is 14.6 Å². The van der Waals surface area contributed by atoms with Gasteiger partial charge < -0.3 is 5.32 Å². The number of carbonyl (C=O) groups excluding carboxylic acids is 2. The van der Waals surface area contributed by atoms with Gasteiger partial charge in [0.25, 0.3) is 11.5 Å². The van der Waals surface area contributed by atoms with Crippen LogP contribution < -0.4 is 16.2 Å². The Bertz CT molecular complexity index is 1220. The Labute approximate surface area is 162 Å². The predicted octanol–water partition coefficient (Wildman–Crippen LogP) is 2.15. The van der Waals surface area contributed by atoms with E-state index in [4.69, 9.17) is 0 Å². The SMILES string of the molecule is CC(=O)Nc1ccc(-n2c(C(=O)Nc3nccs3)cc3nccc(=O)n32)cc1. The first-order chi connectivity index (χ1) is 13.5. The van der Waals surface area contributed by atoms with Crippen molar-refractivity contribution < 1.29 is 9.59 Å². The minimum atomic E-state index is -0.425. The lowest BCUT2D eigenvalue weighted by atomic mass is 10.2. The number of anilines is 2. The molecule has 4 aromatic rings. The van der Waals surface area contributed by atoms with Gasteiger partial charge in [0.15, 0.2) is 10.8 Å². The summed E-state index contributed by atoms with van der Waals surface area (Å²) >= 11 is 1.29. The molecule has 4 rings (SSSR count). The van der Waals surface area contributed by atoms with E-state index in [-0.39, 0.29) is 17.2 Å². The first-order valence-corrected chi connectivity index (χ1v) is 9.09. The lowest BCUT2D eigenvalue weighted by Crippen LogP contribution is -2.23. The molecule has 0 radical (unpaired) electrons. The van der Waals surface area contributed by atoms with E-state index < -0.39 is 5.91 Å². The number of aromatic nitrogens is 4. The van der Waals surface area contributed by atoms with Crippen LogP contribution in [-0.2, 0) is 4.79 Å². The third kappa shape index (κ3) is 3.28. The molecule has 2 amide bonds. The van der Waals surface area contributed by atoms with E-state index in [9.17, 15) is 14.4 Å². The van der Waals surface area contributed by atoms with E-state index in [1.807, 2.05) is 0 Å². The average Bonchev–Trinajstić information content (AvgIpc) is 3.30. The number of amides is 2. The van der Waals surface area contributed by atoms with Gasteiger partial charge in [-0.2, -0.15) is 4.52 Å². The molecule has 0 unspecified atom stereocenters. The molecule has 0 saturated carbocycles. The standard InChI is InChI=1S/C18H14N6O3S/c1-11(25)21-12-2-4-13(5-3-12)23-14(17(27)22-18-20-8-9-28-18)10-15-19-7-6-16(26)24(15)23/h2-10H,1H3,(H,21,25)(H,20,22,27). The van der Waals surface area contributed by atoms with E-state index in [1.165, 1.54) is 45.8 Å². The zero-order chi connectivity index (χ0) is 19.7. The van der Waals surface area contributed by atoms with Crippen molar-refractivity contribution in [3.63, 3.8) is 0 Å². The molecule has 9 nitrogen and oxygen atoms in total. The summed E-state index contributed by atoms with van der Waals surface area (Å²) in [5.74, 6) is -0.617. The zero-order valence-corrected chi connectivity index (χ0v) is 15.4. The van der Waals surface area contributed by atoms with Gasteiger partial charge in [-0.3, -0.25) is 19.7 Å². The van der Waals surface area contributed by atoms with Crippen molar-refractivity contribution in [2.45, 2.75) is 6.92 Å². The Morgan fingerprint density at radius 2 is 1.82 bits per heavy atom. The minimum Gasteiger partial charge on any atom is -0.326 e. The summed E-state index contributed by atoms with van der Waals surface area (Å²) in [6.07, 6.45) is 2.98. The van der Waals surface area contributed by atoms with Gasteiger partial charge in [0.1, 0.15) is 5.69 Å². The van der Waals surface area contributed by atoms with Crippen molar-refractivity contribution in [1.29, 1.82) is 0 Å². The zero-order valence-electron chi connectivity index (χ0n) is 14.6. The van der Waals surface area contributed by atoms with Crippen molar-refractivity contribution in [3.05, 3.63) is 70.2 Å². The maximum Gasteiger partial charge on any atom is 0.276 e. The summed E-state index contributed by atoms with van der Waals surface area (Å²) in [5.41, 5.74) is 1.39. The van der Waals surface area contributed by atoms with Gasteiger partial charge in [0, 0.05) is 42.5 Å². The number of nitrogens with one attached hydrogen (secondary N) is 2. The average molecular weight is 394 g/mol. The van der Waals surface area contributed by atoms with Crippen molar-refractivity contribution in [3.8, 4) is 5.69 Å². The first kappa shape index (κ1) is 17.6. The Balaban J connectivity index is 1.84. The molecule has 0 aliphatic rings. The van der Waals surface area contributed by atoms with E-state index in [0.717, 1.165) is 0 Å². The molecule has 0 aliphatic carbocycles. The predicted molar refractivity (Wildman–Crippen MR) is 105 cm³/mol. The molecule has 0 saturated heterocycles. The molecule has 3 heterocycles. The number of fused-ring (bicyclic) bond motifs is 1. The maximum absolute atomic E-state index is 12.8. The fourth-order valence-corrected chi connectivity index (χ4v) is 3.28. The lowest BCUT2D eigenvalue weighted by Gasteiger charge is -2.11. The Hall–Kier alpha value is -3.79. The molecule has 0 fully saturated rings. The van der Waals surface area contributed by atoms with Crippen LogP contribution in [0.15, 0.2) is 59.0 Å². The normalized spacial score (nSPS) is 10.8. The fraction of sp³-hybridized carbons (Fsp3) is 0.0556. The van der Waals surface area contributed by atoms with Gasteiger partial charge >= 0.3 is 0 Å². The number of rotatable bonds is 4. The van der Waals surface area contributed by atoms with Crippen molar-refractivity contribution in [2.75, 3.05) is 10.6 Å². The highest BCUT2D eigenvalue weighted by Gasteiger charge is 2.19. The molecule has 1 aromatic carbocycles. The molecule has 140 valence electrons. The summed E-state index contributed by atoms with van der Waals surface area (Å²) in [7, 11) is 0. The fourth-order valence-electron chi connectivity index (χ4n) is 2.76. The van der Waals surface area contributed by atoms with Crippen molar-refractivity contribution in [2.24, 2.45) is 0 Å². The number of nitrogens with zero attached hydrogens (tertiary/aromatic N) is 4. The number of hydrogen-bond donors (Lipinski definition) is 2. The van der Waals surface area contributed by atoms with Crippen LogP contribution in [0.1, 0.15) is 17.4 Å². The molecular weight excluding hydrogens is 380 g/mol. The summed E-state index contributed by atoms with van der Waals surface area (Å²) < 4.78 is 2.79. The van der Waals surface area contributed by atoms with E-state index in [1.54, 1.807) is 35.8 Å². The van der Waals surface area contributed by atoms with E-state index in [0.29, 0.717) is 22.2 Å². The maximum atomic E-state index is 12.8. The molecule has 3 aromatic heterocycles. The molecule has 0 spiro atoms. The van der Waals surface area contributed by atoms with Crippen LogP contribution in [0.5, 0.6) is 0 Å². The van der Waals surface area contributed by atoms with Gasteiger partial charge in [-0.15, -0.1) is 11.3 Å². The molecular formula is C18H14N6O3S. The second-order valence-electron chi connectivity index (χ2n) is 5.81. The summed E-state index contributed by atoms with van der Waals surface area (Å²) in [6.45, 7) is 1.42. The molecule has 2 N–H and O–H groups in total. The Morgan fingerprint density at radius 3 is 2.50 bits per heavy atom. The molecule has 0 aliphatic heterocycles. The van der Waals surface area contributed by atoms with Crippen molar-refractivity contribution in [1.82, 2.24) is 19.2 Å². The summed E-state index contributed by atoms with van der Waals surface area (Å²) in [4.78, 5) is 44.7. The van der Waals surface area contributed by atoms with Gasteiger partial charge in [-0.05, 0) is 24.3 Å². The number of benzene rings is 1. The van der Waals surface area contributed by atoms with E-state index in [2.05, 4.69) is 20.6 Å². The van der Waals surface area contributed by atoms with Crippen LogP contribution in [0.3, 0.4) is 0 Å². The minimum absolute atomic E-state index is 0.192. The van der Waals surface area contributed by atoms with E-state index >= 15 is 0 Å². The van der Waals surface area contributed by atoms with Crippen LogP contribution >= 0.6 is 11.3 Å². The Kier molecular flexibility index (Phi) is 4.45. The van der Waals surface area contributed by atoms with Crippen LogP contribution in [-0.4, -0.2) is 31.0 Å².